The zero-order valence-electron chi connectivity index (χ0n) is 12.5. The maximum atomic E-state index is 9.06. The van der Waals surface area contributed by atoms with Crippen LogP contribution in [0.5, 0.6) is 0 Å². The van der Waals surface area contributed by atoms with E-state index in [1.54, 1.807) is 6.08 Å². The van der Waals surface area contributed by atoms with Crippen LogP contribution >= 0.6 is 23.2 Å². The number of amidine groups is 1. The Morgan fingerprint density at radius 3 is 2.77 bits per heavy atom. The van der Waals surface area contributed by atoms with Gasteiger partial charge in [-0.25, -0.2) is 0 Å². The van der Waals surface area contributed by atoms with E-state index >= 15 is 0 Å². The van der Waals surface area contributed by atoms with Gasteiger partial charge in [0.1, 0.15) is 12.1 Å². The van der Waals surface area contributed by atoms with Crippen molar-refractivity contribution in [3.05, 3.63) is 22.3 Å². The summed E-state index contributed by atoms with van der Waals surface area (Å²) in [4.78, 5) is 6.80. The van der Waals surface area contributed by atoms with Crippen molar-refractivity contribution in [1.82, 2.24) is 4.90 Å². The lowest BCUT2D eigenvalue weighted by Gasteiger charge is -2.41. The largest absolute Gasteiger partial charge is 0.394 e. The van der Waals surface area contributed by atoms with Gasteiger partial charge in [0.2, 0.25) is 0 Å². The molecular formula is C16H22Cl2N2O2. The molecule has 3 aliphatic rings. The minimum Gasteiger partial charge on any atom is -0.394 e. The minimum absolute atomic E-state index is 0.00588. The summed E-state index contributed by atoms with van der Waals surface area (Å²) in [5, 5.41) is 10.2. The van der Waals surface area contributed by atoms with Gasteiger partial charge in [0.05, 0.1) is 29.3 Å². The Morgan fingerprint density at radius 1 is 1.27 bits per heavy atom. The highest BCUT2D eigenvalue weighted by Crippen LogP contribution is 2.36. The number of hydrogen-bond donors (Lipinski definition) is 1. The van der Waals surface area contributed by atoms with Crippen molar-refractivity contribution in [3.8, 4) is 0 Å². The molecule has 2 unspecified atom stereocenters. The van der Waals surface area contributed by atoms with Crippen LogP contribution in [-0.4, -0.2) is 41.3 Å². The first-order chi connectivity index (χ1) is 10.7. The first-order valence-electron chi connectivity index (χ1n) is 8.02. The standard InChI is InChI=1S/C16H22Cl2N2O2/c17-12-8-13(18)16-19-14(11-4-2-1-3-5-11)9-15(20(16)10-12)22-7-6-21/h8,10-11,14-15,21H,1-7,9H2. The molecule has 0 spiro atoms. The van der Waals surface area contributed by atoms with Gasteiger partial charge in [-0.15, -0.1) is 0 Å². The Bertz CT molecular complexity index is 498. The predicted molar refractivity (Wildman–Crippen MR) is 89.0 cm³/mol. The van der Waals surface area contributed by atoms with E-state index in [4.69, 9.17) is 38.0 Å². The summed E-state index contributed by atoms with van der Waals surface area (Å²) in [5.74, 6) is 1.35. The average Bonchev–Trinajstić information content (AvgIpc) is 2.53. The van der Waals surface area contributed by atoms with E-state index in [9.17, 15) is 0 Å². The molecule has 0 saturated heterocycles. The van der Waals surface area contributed by atoms with Crippen LogP contribution in [-0.2, 0) is 4.74 Å². The molecule has 122 valence electrons. The smallest absolute Gasteiger partial charge is 0.149 e. The first kappa shape index (κ1) is 16.3. The quantitative estimate of drug-likeness (QED) is 0.847. The number of ether oxygens (including phenoxy) is 1. The van der Waals surface area contributed by atoms with Gasteiger partial charge in [-0.05, 0) is 24.8 Å². The minimum atomic E-state index is -0.164. The van der Waals surface area contributed by atoms with Crippen molar-refractivity contribution in [2.75, 3.05) is 13.2 Å². The predicted octanol–water partition coefficient (Wildman–Crippen LogP) is 3.59. The fourth-order valence-corrected chi connectivity index (χ4v) is 4.11. The number of fused-ring (bicyclic) bond motifs is 1. The molecule has 1 N–H and O–H groups in total. The van der Waals surface area contributed by atoms with E-state index in [-0.39, 0.29) is 18.9 Å². The van der Waals surface area contributed by atoms with Crippen molar-refractivity contribution in [3.63, 3.8) is 0 Å². The highest BCUT2D eigenvalue weighted by molar-refractivity contribution is 6.45. The number of aliphatic hydroxyl groups is 1. The van der Waals surface area contributed by atoms with Gasteiger partial charge >= 0.3 is 0 Å². The lowest BCUT2D eigenvalue weighted by atomic mass is 9.82. The first-order valence-corrected chi connectivity index (χ1v) is 8.78. The molecule has 1 saturated carbocycles. The monoisotopic (exact) mass is 344 g/mol. The SMILES string of the molecule is OCCOC1CC(C2CCCCC2)N=C2C(Cl)=CC(Cl)=CN21. The Labute approximate surface area is 141 Å². The second-order valence-electron chi connectivity index (χ2n) is 6.12. The number of halogens is 2. The molecule has 2 aliphatic heterocycles. The molecule has 0 bridgehead atoms. The van der Waals surface area contributed by atoms with E-state index < -0.39 is 0 Å². The van der Waals surface area contributed by atoms with Gasteiger partial charge in [0, 0.05) is 12.6 Å². The Balaban J connectivity index is 1.84. The molecule has 1 fully saturated rings. The Morgan fingerprint density at radius 2 is 2.05 bits per heavy atom. The molecule has 0 aromatic rings. The Hall–Kier alpha value is -0.550. The van der Waals surface area contributed by atoms with Gasteiger partial charge in [0.15, 0.2) is 0 Å². The van der Waals surface area contributed by atoms with Crippen LogP contribution in [0, 0.1) is 5.92 Å². The highest BCUT2D eigenvalue weighted by Gasteiger charge is 2.36. The van der Waals surface area contributed by atoms with Crippen LogP contribution in [0.1, 0.15) is 38.5 Å². The maximum Gasteiger partial charge on any atom is 0.149 e. The van der Waals surface area contributed by atoms with Crippen molar-refractivity contribution >= 4 is 29.0 Å². The van der Waals surface area contributed by atoms with Crippen LogP contribution < -0.4 is 0 Å². The molecule has 1 aliphatic carbocycles. The summed E-state index contributed by atoms with van der Waals surface area (Å²) in [5.41, 5.74) is 0. The molecule has 2 atom stereocenters. The molecule has 2 heterocycles. The van der Waals surface area contributed by atoms with Crippen LogP contribution in [0.2, 0.25) is 0 Å². The number of rotatable bonds is 4. The molecule has 0 amide bonds. The zero-order valence-corrected chi connectivity index (χ0v) is 14.1. The second-order valence-corrected chi connectivity index (χ2v) is 6.96. The van der Waals surface area contributed by atoms with Crippen molar-refractivity contribution in [2.24, 2.45) is 10.9 Å². The molecule has 0 aromatic heterocycles. The van der Waals surface area contributed by atoms with Crippen LogP contribution in [0.25, 0.3) is 0 Å². The lowest BCUT2D eigenvalue weighted by Crippen LogP contribution is -2.47. The zero-order chi connectivity index (χ0) is 15.5. The number of aliphatic hydroxyl groups excluding tert-OH is 1. The summed E-state index contributed by atoms with van der Waals surface area (Å²) < 4.78 is 5.83. The molecule has 22 heavy (non-hydrogen) atoms. The van der Waals surface area contributed by atoms with Crippen LogP contribution in [0.4, 0.5) is 0 Å². The number of allylic oxidation sites excluding steroid dienone is 2. The van der Waals surface area contributed by atoms with Crippen molar-refractivity contribution < 1.29 is 9.84 Å². The number of nitrogens with zero attached hydrogens (tertiary/aromatic N) is 2. The molecule has 3 rings (SSSR count). The second kappa shape index (κ2) is 7.35. The maximum absolute atomic E-state index is 9.06. The molecular weight excluding hydrogens is 323 g/mol. The van der Waals surface area contributed by atoms with E-state index in [0.29, 0.717) is 22.6 Å². The molecule has 0 aromatic carbocycles. The van der Waals surface area contributed by atoms with Gasteiger partial charge in [-0.2, -0.15) is 0 Å². The summed E-state index contributed by atoms with van der Waals surface area (Å²) in [6.45, 7) is 0.310. The van der Waals surface area contributed by atoms with Crippen LogP contribution in [0.3, 0.4) is 0 Å². The molecule has 0 radical (unpaired) electrons. The third kappa shape index (κ3) is 3.51. The van der Waals surface area contributed by atoms with Crippen LogP contribution in [0.15, 0.2) is 27.3 Å². The summed E-state index contributed by atoms with van der Waals surface area (Å²) in [7, 11) is 0. The number of aliphatic imine (C=N–C) groups is 1. The van der Waals surface area contributed by atoms with Gasteiger partial charge < -0.3 is 14.7 Å². The van der Waals surface area contributed by atoms with E-state index in [2.05, 4.69) is 0 Å². The fraction of sp³-hybridized carbons (Fsp3) is 0.688. The van der Waals surface area contributed by atoms with Gasteiger partial charge in [-0.3, -0.25) is 4.99 Å². The molecule has 4 nitrogen and oxygen atoms in total. The van der Waals surface area contributed by atoms with E-state index in [1.807, 2.05) is 11.1 Å². The van der Waals surface area contributed by atoms with Gasteiger partial charge in [0.25, 0.3) is 0 Å². The fourth-order valence-electron chi connectivity index (χ4n) is 3.57. The van der Waals surface area contributed by atoms with E-state index in [0.717, 1.165) is 12.3 Å². The highest BCUT2D eigenvalue weighted by atomic mass is 35.5. The lowest BCUT2D eigenvalue weighted by molar-refractivity contribution is -0.0408. The third-order valence-corrected chi connectivity index (χ3v) is 5.11. The van der Waals surface area contributed by atoms with Gasteiger partial charge in [-0.1, -0.05) is 42.5 Å². The molecule has 6 heteroatoms. The normalized spacial score (nSPS) is 29.6. The third-order valence-electron chi connectivity index (χ3n) is 4.62. The van der Waals surface area contributed by atoms with Crippen molar-refractivity contribution in [2.45, 2.75) is 50.8 Å². The van der Waals surface area contributed by atoms with E-state index in [1.165, 1.54) is 32.1 Å². The summed E-state index contributed by atoms with van der Waals surface area (Å²) >= 11 is 12.5. The summed E-state index contributed by atoms with van der Waals surface area (Å²) in [6.07, 6.45) is 10.5. The average molecular weight is 345 g/mol. The van der Waals surface area contributed by atoms with Crippen molar-refractivity contribution in [1.29, 1.82) is 0 Å². The number of hydrogen-bond acceptors (Lipinski definition) is 4. The Kier molecular flexibility index (Phi) is 5.45. The topological polar surface area (TPSA) is 45.1 Å². The summed E-state index contributed by atoms with van der Waals surface area (Å²) in [6, 6.07) is 0.239.